The summed E-state index contributed by atoms with van der Waals surface area (Å²) in [5.41, 5.74) is 1.15. The standard InChI is InChI=1S/C14H15BrClNOS/c1-17-12(8-10-4-6-14(16)19-10)11-5-3-9(15)7-13(11)18-2/h3-7,12,17H,8H2,1-2H3. The quantitative estimate of drug-likeness (QED) is 0.836. The molecule has 5 heteroatoms. The number of benzene rings is 1. The van der Waals surface area contributed by atoms with Gasteiger partial charge in [-0.2, -0.15) is 0 Å². The predicted molar refractivity (Wildman–Crippen MR) is 85.5 cm³/mol. The number of nitrogens with one attached hydrogen (secondary N) is 1. The van der Waals surface area contributed by atoms with Crippen molar-refractivity contribution in [3.05, 3.63) is 49.6 Å². The van der Waals surface area contributed by atoms with E-state index >= 15 is 0 Å². The maximum Gasteiger partial charge on any atom is 0.124 e. The normalized spacial score (nSPS) is 12.4. The average Bonchev–Trinajstić information content (AvgIpc) is 2.81. The maximum atomic E-state index is 5.98. The molecule has 0 bridgehead atoms. The fraction of sp³-hybridized carbons (Fsp3) is 0.286. The lowest BCUT2D eigenvalue weighted by Gasteiger charge is -2.19. The highest BCUT2D eigenvalue weighted by molar-refractivity contribution is 9.10. The summed E-state index contributed by atoms with van der Waals surface area (Å²) in [6, 6.07) is 10.3. The van der Waals surface area contributed by atoms with Gasteiger partial charge in [-0.3, -0.25) is 0 Å². The SMILES string of the molecule is CNC(Cc1ccc(Cl)s1)c1ccc(Br)cc1OC. The first kappa shape index (κ1) is 14.9. The second kappa shape index (κ2) is 6.75. The lowest BCUT2D eigenvalue weighted by molar-refractivity contribution is 0.401. The van der Waals surface area contributed by atoms with E-state index in [2.05, 4.69) is 33.4 Å². The van der Waals surface area contributed by atoms with Crippen molar-refractivity contribution in [1.29, 1.82) is 0 Å². The Bertz CT molecular complexity index is 558. The van der Waals surface area contributed by atoms with E-state index in [0.29, 0.717) is 0 Å². The molecule has 0 aliphatic rings. The van der Waals surface area contributed by atoms with Crippen molar-refractivity contribution in [2.45, 2.75) is 12.5 Å². The summed E-state index contributed by atoms with van der Waals surface area (Å²) in [5.74, 6) is 0.886. The second-order valence-electron chi connectivity index (χ2n) is 4.14. The van der Waals surface area contributed by atoms with Crippen LogP contribution in [0, 0.1) is 0 Å². The molecule has 1 unspecified atom stereocenters. The second-order valence-corrected chi connectivity index (χ2v) is 6.85. The molecule has 1 aromatic carbocycles. The van der Waals surface area contributed by atoms with Gasteiger partial charge in [0, 0.05) is 27.4 Å². The van der Waals surface area contributed by atoms with E-state index in [1.807, 2.05) is 25.2 Å². The Hall–Kier alpha value is -0.550. The van der Waals surface area contributed by atoms with Crippen molar-refractivity contribution in [3.8, 4) is 5.75 Å². The number of hydrogen-bond donors (Lipinski definition) is 1. The van der Waals surface area contributed by atoms with Crippen molar-refractivity contribution in [2.75, 3.05) is 14.2 Å². The van der Waals surface area contributed by atoms with Gasteiger partial charge in [0.1, 0.15) is 5.75 Å². The lowest BCUT2D eigenvalue weighted by Crippen LogP contribution is -2.19. The van der Waals surface area contributed by atoms with Gasteiger partial charge >= 0.3 is 0 Å². The van der Waals surface area contributed by atoms with Crippen molar-refractivity contribution < 1.29 is 4.74 Å². The lowest BCUT2D eigenvalue weighted by atomic mass is 10.0. The molecule has 0 spiro atoms. The average molecular weight is 361 g/mol. The molecule has 0 saturated carbocycles. The van der Waals surface area contributed by atoms with Crippen LogP contribution >= 0.6 is 38.9 Å². The topological polar surface area (TPSA) is 21.3 Å². The summed E-state index contributed by atoms with van der Waals surface area (Å²) in [6.07, 6.45) is 0.895. The molecular weight excluding hydrogens is 346 g/mol. The summed E-state index contributed by atoms with van der Waals surface area (Å²) in [7, 11) is 3.65. The number of methoxy groups -OCH3 is 1. The Labute approximate surface area is 130 Å². The van der Waals surface area contributed by atoms with Crippen LogP contribution in [0.15, 0.2) is 34.8 Å². The van der Waals surface area contributed by atoms with Crippen LogP contribution in [0.1, 0.15) is 16.5 Å². The summed E-state index contributed by atoms with van der Waals surface area (Å²) in [4.78, 5) is 1.26. The third-order valence-electron chi connectivity index (χ3n) is 2.95. The van der Waals surface area contributed by atoms with E-state index < -0.39 is 0 Å². The fourth-order valence-electron chi connectivity index (χ4n) is 2.00. The van der Waals surface area contributed by atoms with Crippen LogP contribution in [-0.4, -0.2) is 14.2 Å². The Morgan fingerprint density at radius 3 is 2.74 bits per heavy atom. The largest absolute Gasteiger partial charge is 0.496 e. The Balaban J connectivity index is 2.26. The van der Waals surface area contributed by atoms with E-state index in [1.165, 1.54) is 4.88 Å². The van der Waals surface area contributed by atoms with Gasteiger partial charge in [0.15, 0.2) is 0 Å². The molecule has 1 heterocycles. The molecule has 0 aliphatic heterocycles. The van der Waals surface area contributed by atoms with Gasteiger partial charge in [0.25, 0.3) is 0 Å². The molecule has 0 aliphatic carbocycles. The zero-order valence-electron chi connectivity index (χ0n) is 10.7. The maximum absolute atomic E-state index is 5.98. The zero-order chi connectivity index (χ0) is 13.8. The van der Waals surface area contributed by atoms with Gasteiger partial charge in [-0.25, -0.2) is 0 Å². The van der Waals surface area contributed by atoms with Crippen LogP contribution in [0.2, 0.25) is 4.34 Å². The zero-order valence-corrected chi connectivity index (χ0v) is 13.9. The number of likely N-dealkylation sites (N-methyl/N-ethyl adjacent to an activating group) is 1. The fourth-order valence-corrected chi connectivity index (χ4v) is 3.48. The molecular formula is C14H15BrClNOS. The molecule has 2 rings (SSSR count). The monoisotopic (exact) mass is 359 g/mol. The number of ether oxygens (including phenoxy) is 1. The van der Waals surface area contributed by atoms with E-state index in [1.54, 1.807) is 18.4 Å². The van der Waals surface area contributed by atoms with E-state index in [4.69, 9.17) is 16.3 Å². The van der Waals surface area contributed by atoms with Gasteiger partial charge in [-0.15, -0.1) is 11.3 Å². The molecule has 2 nitrogen and oxygen atoms in total. The Kier molecular flexibility index (Phi) is 5.28. The van der Waals surface area contributed by atoms with Gasteiger partial charge < -0.3 is 10.1 Å². The van der Waals surface area contributed by atoms with Crippen LogP contribution in [0.25, 0.3) is 0 Å². The molecule has 2 aromatic rings. The molecule has 1 atom stereocenters. The molecule has 0 fully saturated rings. The van der Waals surface area contributed by atoms with Crippen molar-refractivity contribution >= 4 is 38.9 Å². The van der Waals surface area contributed by atoms with E-state index in [0.717, 1.165) is 26.5 Å². The number of hydrogen-bond acceptors (Lipinski definition) is 3. The first-order chi connectivity index (χ1) is 9.13. The van der Waals surface area contributed by atoms with E-state index in [9.17, 15) is 0 Å². The smallest absolute Gasteiger partial charge is 0.124 e. The minimum Gasteiger partial charge on any atom is -0.496 e. The number of thiophene rings is 1. The molecule has 19 heavy (non-hydrogen) atoms. The van der Waals surface area contributed by atoms with Gasteiger partial charge in [0.2, 0.25) is 0 Å². The minimum atomic E-state index is 0.206. The van der Waals surface area contributed by atoms with Gasteiger partial charge in [-0.05, 0) is 31.3 Å². The van der Waals surface area contributed by atoms with Crippen LogP contribution in [0.5, 0.6) is 5.75 Å². The van der Waals surface area contributed by atoms with Crippen LogP contribution in [-0.2, 0) is 6.42 Å². The molecule has 0 radical (unpaired) electrons. The summed E-state index contributed by atoms with van der Waals surface area (Å²) in [5, 5.41) is 3.34. The Morgan fingerprint density at radius 2 is 2.16 bits per heavy atom. The van der Waals surface area contributed by atoms with Crippen molar-refractivity contribution in [2.24, 2.45) is 0 Å². The highest BCUT2D eigenvalue weighted by Crippen LogP contribution is 2.32. The first-order valence-corrected chi connectivity index (χ1v) is 7.87. The molecule has 0 saturated heterocycles. The highest BCUT2D eigenvalue weighted by Gasteiger charge is 2.16. The molecule has 1 aromatic heterocycles. The summed E-state index contributed by atoms with van der Waals surface area (Å²) >= 11 is 11.1. The van der Waals surface area contributed by atoms with Crippen LogP contribution in [0.4, 0.5) is 0 Å². The third kappa shape index (κ3) is 3.72. The number of rotatable bonds is 5. The number of halogens is 2. The predicted octanol–water partition coefficient (Wildman–Crippen LogP) is 4.68. The Morgan fingerprint density at radius 1 is 1.37 bits per heavy atom. The van der Waals surface area contributed by atoms with Crippen LogP contribution < -0.4 is 10.1 Å². The molecule has 1 N–H and O–H groups in total. The summed E-state index contributed by atoms with van der Waals surface area (Å²) < 4.78 is 7.30. The van der Waals surface area contributed by atoms with Crippen molar-refractivity contribution in [1.82, 2.24) is 5.32 Å². The van der Waals surface area contributed by atoms with Crippen molar-refractivity contribution in [3.63, 3.8) is 0 Å². The van der Waals surface area contributed by atoms with Crippen LogP contribution in [0.3, 0.4) is 0 Å². The first-order valence-electron chi connectivity index (χ1n) is 5.89. The summed E-state index contributed by atoms with van der Waals surface area (Å²) in [6.45, 7) is 0. The molecule has 102 valence electrons. The molecule has 0 amide bonds. The minimum absolute atomic E-state index is 0.206. The van der Waals surface area contributed by atoms with Gasteiger partial charge in [-0.1, -0.05) is 33.6 Å². The third-order valence-corrected chi connectivity index (χ3v) is 4.70. The van der Waals surface area contributed by atoms with E-state index in [-0.39, 0.29) is 6.04 Å². The highest BCUT2D eigenvalue weighted by atomic mass is 79.9. The van der Waals surface area contributed by atoms with Gasteiger partial charge in [0.05, 0.1) is 11.4 Å².